The Morgan fingerprint density at radius 2 is 1.62 bits per heavy atom. The number of anilines is 1. The molecule has 0 heterocycles. The van der Waals surface area contributed by atoms with E-state index < -0.39 is 0 Å². The van der Waals surface area contributed by atoms with Gasteiger partial charge in [-0.1, -0.05) is 34.1 Å². The number of aryl methyl sites for hydroxylation is 1. The van der Waals surface area contributed by atoms with Crippen molar-refractivity contribution in [1.82, 2.24) is 5.01 Å². The largest absolute Gasteiger partial charge is 0.304 e. The van der Waals surface area contributed by atoms with Crippen LogP contribution < -0.4 is 5.01 Å². The summed E-state index contributed by atoms with van der Waals surface area (Å²) in [6.07, 6.45) is 2.26. The highest BCUT2D eigenvalue weighted by Crippen LogP contribution is 2.22. The van der Waals surface area contributed by atoms with Gasteiger partial charge in [0.15, 0.2) is 0 Å². The molecule has 0 fully saturated rings. The molecule has 2 nitrogen and oxygen atoms in total. The standard InChI is InChI=1S/C14H23FN2.C4H10/c1-6-7-12(3)17(16(4)5)13-8-9-14(15)11(2)10-13;1-4(2)3/h8-10,12H,6-7H2,1-5H3;4H,1-3H3. The van der Waals surface area contributed by atoms with Gasteiger partial charge < -0.3 is 5.01 Å². The van der Waals surface area contributed by atoms with Crippen LogP contribution in [0.2, 0.25) is 0 Å². The number of halogens is 1. The third kappa shape index (κ3) is 7.47. The summed E-state index contributed by atoms with van der Waals surface area (Å²) < 4.78 is 13.3. The lowest BCUT2D eigenvalue weighted by molar-refractivity contribution is 0.322. The van der Waals surface area contributed by atoms with Crippen molar-refractivity contribution < 1.29 is 4.39 Å². The van der Waals surface area contributed by atoms with Gasteiger partial charge in [0, 0.05) is 20.1 Å². The Kier molecular flexibility index (Phi) is 9.27. The fourth-order valence-corrected chi connectivity index (χ4v) is 2.19. The molecule has 1 aromatic carbocycles. The average Bonchev–Trinajstić information content (AvgIpc) is 2.33. The highest BCUT2D eigenvalue weighted by Gasteiger charge is 2.16. The number of rotatable bonds is 5. The van der Waals surface area contributed by atoms with E-state index >= 15 is 0 Å². The number of nitrogens with zero attached hydrogens (tertiary/aromatic N) is 2. The van der Waals surface area contributed by atoms with Crippen molar-refractivity contribution in [2.24, 2.45) is 5.92 Å². The van der Waals surface area contributed by atoms with Gasteiger partial charge in [0.25, 0.3) is 0 Å². The van der Waals surface area contributed by atoms with E-state index in [4.69, 9.17) is 0 Å². The lowest BCUT2D eigenvalue weighted by Crippen LogP contribution is -2.43. The van der Waals surface area contributed by atoms with E-state index in [1.165, 1.54) is 0 Å². The second-order valence-corrected chi connectivity index (χ2v) is 6.50. The first-order chi connectivity index (χ1) is 9.70. The van der Waals surface area contributed by atoms with Crippen LogP contribution in [0.1, 0.15) is 53.0 Å². The fraction of sp³-hybridized carbons (Fsp3) is 0.667. The van der Waals surface area contributed by atoms with Crippen LogP contribution in [0.15, 0.2) is 18.2 Å². The Balaban J connectivity index is 0.000000885. The van der Waals surface area contributed by atoms with Crippen molar-refractivity contribution in [3.63, 3.8) is 0 Å². The van der Waals surface area contributed by atoms with E-state index in [9.17, 15) is 4.39 Å². The average molecular weight is 296 g/mol. The molecule has 21 heavy (non-hydrogen) atoms. The lowest BCUT2D eigenvalue weighted by Gasteiger charge is -2.36. The maximum atomic E-state index is 13.3. The molecule has 122 valence electrons. The van der Waals surface area contributed by atoms with Gasteiger partial charge in [-0.25, -0.2) is 9.40 Å². The first kappa shape index (κ1) is 19.9. The van der Waals surface area contributed by atoms with Crippen LogP contribution in [-0.2, 0) is 0 Å². The highest BCUT2D eigenvalue weighted by atomic mass is 19.1. The molecule has 3 heteroatoms. The maximum absolute atomic E-state index is 13.3. The molecule has 0 bridgehead atoms. The first-order valence-electron chi connectivity index (χ1n) is 7.93. The van der Waals surface area contributed by atoms with Crippen LogP contribution in [0.4, 0.5) is 10.1 Å². The molecule has 0 spiro atoms. The first-order valence-corrected chi connectivity index (χ1v) is 7.93. The number of benzene rings is 1. The summed E-state index contributed by atoms with van der Waals surface area (Å²) in [7, 11) is 4.04. The molecule has 1 aromatic rings. The van der Waals surface area contributed by atoms with Gasteiger partial charge in [-0.05, 0) is 49.9 Å². The van der Waals surface area contributed by atoms with Crippen molar-refractivity contribution in [3.05, 3.63) is 29.6 Å². The third-order valence-corrected chi connectivity index (χ3v) is 2.96. The van der Waals surface area contributed by atoms with Gasteiger partial charge in [0.1, 0.15) is 5.82 Å². The predicted molar refractivity (Wildman–Crippen MR) is 92.2 cm³/mol. The topological polar surface area (TPSA) is 6.48 Å². The van der Waals surface area contributed by atoms with Gasteiger partial charge in [0.2, 0.25) is 0 Å². The molecular formula is C18H33FN2. The van der Waals surface area contributed by atoms with Crippen molar-refractivity contribution >= 4 is 5.69 Å². The molecule has 0 aromatic heterocycles. The minimum absolute atomic E-state index is 0.143. The van der Waals surface area contributed by atoms with Gasteiger partial charge in [-0.3, -0.25) is 0 Å². The van der Waals surface area contributed by atoms with E-state index in [0.717, 1.165) is 24.4 Å². The normalized spacial score (nSPS) is 12.1. The fourth-order valence-electron chi connectivity index (χ4n) is 2.19. The summed E-state index contributed by atoms with van der Waals surface area (Å²) in [4.78, 5) is 0. The summed E-state index contributed by atoms with van der Waals surface area (Å²) >= 11 is 0. The molecule has 0 aliphatic rings. The Morgan fingerprint density at radius 3 is 2.00 bits per heavy atom. The summed E-state index contributed by atoms with van der Waals surface area (Å²) in [6, 6.07) is 5.70. The van der Waals surface area contributed by atoms with Crippen molar-refractivity contribution in [2.75, 3.05) is 19.1 Å². The Labute approximate surface area is 130 Å². The monoisotopic (exact) mass is 296 g/mol. The molecule has 1 atom stereocenters. The van der Waals surface area contributed by atoms with Crippen molar-refractivity contribution in [2.45, 2.75) is 60.4 Å². The molecule has 1 unspecified atom stereocenters. The summed E-state index contributed by atoms with van der Waals surface area (Å²) in [6.45, 7) is 12.7. The minimum atomic E-state index is -0.143. The van der Waals surface area contributed by atoms with Crippen molar-refractivity contribution in [3.8, 4) is 0 Å². The molecule has 0 aliphatic carbocycles. The number of hydrogen-bond acceptors (Lipinski definition) is 2. The Hall–Kier alpha value is -1.09. The molecule has 0 radical (unpaired) electrons. The van der Waals surface area contributed by atoms with E-state index in [-0.39, 0.29) is 5.82 Å². The van der Waals surface area contributed by atoms with Crippen LogP contribution in [0.25, 0.3) is 0 Å². The predicted octanol–water partition coefficient (Wildman–Crippen LogP) is 5.27. The summed E-state index contributed by atoms with van der Waals surface area (Å²) in [5.74, 6) is 0.690. The molecule has 0 N–H and O–H groups in total. The smallest absolute Gasteiger partial charge is 0.126 e. The molecule has 0 saturated carbocycles. The quantitative estimate of drug-likeness (QED) is 0.683. The zero-order valence-corrected chi connectivity index (χ0v) is 15.1. The van der Waals surface area contributed by atoms with Crippen LogP contribution in [0, 0.1) is 18.7 Å². The summed E-state index contributed by atoms with van der Waals surface area (Å²) in [5, 5.41) is 4.27. The summed E-state index contributed by atoms with van der Waals surface area (Å²) in [5.41, 5.74) is 1.74. The number of hydrazine groups is 1. The van der Waals surface area contributed by atoms with Crippen LogP contribution in [-0.4, -0.2) is 25.1 Å². The van der Waals surface area contributed by atoms with Gasteiger partial charge in [-0.2, -0.15) is 0 Å². The Morgan fingerprint density at radius 1 is 1.10 bits per heavy atom. The second kappa shape index (κ2) is 9.78. The zero-order chi connectivity index (χ0) is 16.6. The SMILES string of the molecule is CC(C)C.CCCC(C)N(c1ccc(F)c(C)c1)N(C)C. The second-order valence-electron chi connectivity index (χ2n) is 6.50. The zero-order valence-electron chi connectivity index (χ0n) is 15.1. The van der Waals surface area contributed by atoms with Gasteiger partial charge in [0.05, 0.1) is 5.69 Å². The molecule has 0 amide bonds. The van der Waals surface area contributed by atoms with Crippen LogP contribution in [0.5, 0.6) is 0 Å². The van der Waals surface area contributed by atoms with Crippen LogP contribution in [0.3, 0.4) is 0 Å². The number of hydrogen-bond donors (Lipinski definition) is 0. The van der Waals surface area contributed by atoms with E-state index in [1.807, 2.05) is 26.2 Å². The maximum Gasteiger partial charge on any atom is 0.126 e. The lowest BCUT2D eigenvalue weighted by atomic mass is 10.1. The molecule has 0 aliphatic heterocycles. The highest BCUT2D eigenvalue weighted by molar-refractivity contribution is 5.48. The minimum Gasteiger partial charge on any atom is -0.304 e. The molecule has 1 rings (SSSR count). The van der Waals surface area contributed by atoms with E-state index in [1.54, 1.807) is 13.0 Å². The van der Waals surface area contributed by atoms with Crippen molar-refractivity contribution in [1.29, 1.82) is 0 Å². The van der Waals surface area contributed by atoms with Gasteiger partial charge >= 0.3 is 0 Å². The van der Waals surface area contributed by atoms with E-state index in [2.05, 4.69) is 44.6 Å². The third-order valence-electron chi connectivity index (χ3n) is 2.96. The Bertz CT molecular complexity index is 399. The van der Waals surface area contributed by atoms with E-state index in [0.29, 0.717) is 11.6 Å². The molecule has 0 saturated heterocycles. The molecular weight excluding hydrogens is 263 g/mol. The van der Waals surface area contributed by atoms with Gasteiger partial charge in [-0.15, -0.1) is 0 Å². The van der Waals surface area contributed by atoms with Crippen LogP contribution >= 0.6 is 0 Å².